The molecule has 1 fully saturated rings. The van der Waals surface area contributed by atoms with Crippen LogP contribution in [-0.2, 0) is 6.54 Å². The molecule has 3 rings (SSSR count). The summed E-state index contributed by atoms with van der Waals surface area (Å²) in [5, 5.41) is 6.71. The quantitative estimate of drug-likeness (QED) is 0.658. The summed E-state index contributed by atoms with van der Waals surface area (Å²) >= 11 is 0. The molecule has 0 spiro atoms. The van der Waals surface area contributed by atoms with Gasteiger partial charge in [-0.1, -0.05) is 24.6 Å². The van der Waals surface area contributed by atoms with Crippen molar-refractivity contribution in [2.45, 2.75) is 39.8 Å². The predicted molar refractivity (Wildman–Crippen MR) is 92.2 cm³/mol. The van der Waals surface area contributed by atoms with Crippen LogP contribution in [0.15, 0.2) is 39.9 Å². The summed E-state index contributed by atoms with van der Waals surface area (Å²) in [6, 6.07) is 8.71. The SMILES string of the molecule is CCNC(=NCc1coc(-c2ccc(C)cc2)n1)NC1CC1C. The van der Waals surface area contributed by atoms with Crippen molar-refractivity contribution in [3.63, 3.8) is 0 Å². The molecule has 1 heterocycles. The number of rotatable bonds is 5. The van der Waals surface area contributed by atoms with Gasteiger partial charge in [0.25, 0.3) is 0 Å². The minimum absolute atomic E-state index is 0.506. The van der Waals surface area contributed by atoms with E-state index < -0.39 is 0 Å². The van der Waals surface area contributed by atoms with Gasteiger partial charge in [0.05, 0.1) is 6.54 Å². The molecule has 122 valence electrons. The van der Waals surface area contributed by atoms with Gasteiger partial charge < -0.3 is 15.1 Å². The number of aliphatic imine (C=N–C) groups is 1. The van der Waals surface area contributed by atoms with Crippen molar-refractivity contribution in [3.8, 4) is 11.5 Å². The van der Waals surface area contributed by atoms with Crippen LogP contribution in [-0.4, -0.2) is 23.5 Å². The number of guanidine groups is 1. The van der Waals surface area contributed by atoms with Crippen molar-refractivity contribution in [3.05, 3.63) is 41.8 Å². The normalized spacial score (nSPS) is 20.4. The molecule has 2 atom stereocenters. The molecule has 1 saturated carbocycles. The minimum Gasteiger partial charge on any atom is -0.444 e. The van der Waals surface area contributed by atoms with Gasteiger partial charge >= 0.3 is 0 Å². The van der Waals surface area contributed by atoms with Crippen molar-refractivity contribution < 1.29 is 4.42 Å². The predicted octanol–water partition coefficient (Wildman–Crippen LogP) is 3.11. The minimum atomic E-state index is 0.506. The van der Waals surface area contributed by atoms with Crippen molar-refractivity contribution in [2.75, 3.05) is 6.54 Å². The van der Waals surface area contributed by atoms with Gasteiger partial charge in [0, 0.05) is 18.2 Å². The van der Waals surface area contributed by atoms with Crippen LogP contribution in [0.5, 0.6) is 0 Å². The van der Waals surface area contributed by atoms with E-state index in [4.69, 9.17) is 4.42 Å². The summed E-state index contributed by atoms with van der Waals surface area (Å²) < 4.78 is 5.57. The van der Waals surface area contributed by atoms with Crippen LogP contribution < -0.4 is 10.6 Å². The van der Waals surface area contributed by atoms with Gasteiger partial charge in [-0.25, -0.2) is 9.98 Å². The third-order valence-electron chi connectivity index (χ3n) is 4.03. The zero-order valence-electron chi connectivity index (χ0n) is 14.0. The third-order valence-corrected chi connectivity index (χ3v) is 4.03. The van der Waals surface area contributed by atoms with Gasteiger partial charge in [0.1, 0.15) is 12.0 Å². The highest BCUT2D eigenvalue weighted by Gasteiger charge is 2.33. The molecule has 0 bridgehead atoms. The maximum absolute atomic E-state index is 5.57. The summed E-state index contributed by atoms with van der Waals surface area (Å²) in [6.07, 6.45) is 2.90. The van der Waals surface area contributed by atoms with Gasteiger partial charge in [-0.3, -0.25) is 0 Å². The summed E-state index contributed by atoms with van der Waals surface area (Å²) in [6.45, 7) is 7.73. The van der Waals surface area contributed by atoms with E-state index in [1.807, 2.05) is 12.1 Å². The first kappa shape index (κ1) is 15.6. The van der Waals surface area contributed by atoms with Crippen molar-refractivity contribution >= 4 is 5.96 Å². The monoisotopic (exact) mass is 312 g/mol. The van der Waals surface area contributed by atoms with Crippen molar-refractivity contribution in [2.24, 2.45) is 10.9 Å². The molecule has 5 heteroatoms. The molecule has 2 aromatic rings. The maximum atomic E-state index is 5.57. The van der Waals surface area contributed by atoms with Crippen LogP contribution >= 0.6 is 0 Å². The third kappa shape index (κ3) is 4.12. The second kappa shape index (κ2) is 6.86. The standard InChI is InChI=1S/C18H24N4O/c1-4-19-18(22-16-9-13(16)3)20-10-15-11-23-17(21-15)14-7-5-12(2)6-8-14/h5-8,11,13,16H,4,9-10H2,1-3H3,(H2,19,20,22). The Labute approximate surface area is 137 Å². The van der Waals surface area contributed by atoms with E-state index in [1.165, 1.54) is 12.0 Å². The largest absolute Gasteiger partial charge is 0.444 e. The molecule has 1 aliphatic carbocycles. The lowest BCUT2D eigenvalue weighted by atomic mass is 10.1. The van der Waals surface area contributed by atoms with Crippen LogP contribution in [0.2, 0.25) is 0 Å². The molecule has 0 aliphatic heterocycles. The Morgan fingerprint density at radius 3 is 2.74 bits per heavy atom. The number of aromatic nitrogens is 1. The Morgan fingerprint density at radius 2 is 2.09 bits per heavy atom. The van der Waals surface area contributed by atoms with E-state index in [2.05, 4.69) is 53.5 Å². The first-order valence-corrected chi connectivity index (χ1v) is 8.22. The summed E-state index contributed by atoms with van der Waals surface area (Å²) in [5.74, 6) is 2.23. The van der Waals surface area contributed by atoms with Crippen LogP contribution in [0.1, 0.15) is 31.5 Å². The Kier molecular flexibility index (Phi) is 4.65. The number of oxazole rings is 1. The molecule has 1 aromatic carbocycles. The van der Waals surface area contributed by atoms with Gasteiger partial charge in [-0.15, -0.1) is 0 Å². The Hall–Kier alpha value is -2.30. The topological polar surface area (TPSA) is 62.5 Å². The lowest BCUT2D eigenvalue weighted by Gasteiger charge is -2.09. The highest BCUT2D eigenvalue weighted by Crippen LogP contribution is 2.28. The summed E-state index contributed by atoms with van der Waals surface area (Å²) in [5.41, 5.74) is 3.05. The molecule has 0 saturated heterocycles. The molecule has 23 heavy (non-hydrogen) atoms. The van der Waals surface area contributed by atoms with Crippen LogP contribution in [0.25, 0.3) is 11.5 Å². The second-order valence-electron chi connectivity index (χ2n) is 6.17. The molecule has 1 aromatic heterocycles. The first-order valence-electron chi connectivity index (χ1n) is 8.22. The summed E-state index contributed by atoms with van der Waals surface area (Å²) in [4.78, 5) is 9.11. The van der Waals surface area contributed by atoms with Gasteiger partial charge in [-0.2, -0.15) is 0 Å². The van der Waals surface area contributed by atoms with Gasteiger partial charge in [0.2, 0.25) is 5.89 Å². The molecule has 2 unspecified atom stereocenters. The first-order chi connectivity index (χ1) is 11.2. The number of hydrogen-bond donors (Lipinski definition) is 2. The molecule has 0 amide bonds. The molecular weight excluding hydrogens is 288 g/mol. The van der Waals surface area contributed by atoms with Crippen LogP contribution in [0.3, 0.4) is 0 Å². The number of hydrogen-bond acceptors (Lipinski definition) is 3. The molecule has 2 N–H and O–H groups in total. The smallest absolute Gasteiger partial charge is 0.226 e. The van der Waals surface area contributed by atoms with Crippen molar-refractivity contribution in [1.82, 2.24) is 15.6 Å². The Morgan fingerprint density at radius 1 is 1.35 bits per heavy atom. The van der Waals surface area contributed by atoms with E-state index in [1.54, 1.807) is 6.26 Å². The average molecular weight is 312 g/mol. The zero-order valence-corrected chi connectivity index (χ0v) is 14.0. The molecule has 0 radical (unpaired) electrons. The highest BCUT2D eigenvalue weighted by molar-refractivity contribution is 5.80. The van der Waals surface area contributed by atoms with Crippen molar-refractivity contribution in [1.29, 1.82) is 0 Å². The van der Waals surface area contributed by atoms with E-state index in [0.717, 1.165) is 29.7 Å². The number of nitrogens with zero attached hydrogens (tertiary/aromatic N) is 2. The fourth-order valence-corrected chi connectivity index (χ4v) is 2.39. The Balaban J connectivity index is 1.65. The van der Waals surface area contributed by atoms with Crippen LogP contribution in [0.4, 0.5) is 0 Å². The number of aryl methyl sites for hydroxylation is 1. The maximum Gasteiger partial charge on any atom is 0.226 e. The molecular formula is C18H24N4O. The van der Waals surface area contributed by atoms with Crippen LogP contribution in [0, 0.1) is 12.8 Å². The van der Waals surface area contributed by atoms with Gasteiger partial charge in [-0.05, 0) is 38.3 Å². The lowest BCUT2D eigenvalue weighted by molar-refractivity contribution is 0.572. The summed E-state index contributed by atoms with van der Waals surface area (Å²) in [7, 11) is 0. The fraction of sp³-hybridized carbons (Fsp3) is 0.444. The fourth-order valence-electron chi connectivity index (χ4n) is 2.39. The number of benzene rings is 1. The number of nitrogens with one attached hydrogen (secondary N) is 2. The Bertz CT molecular complexity index is 675. The van der Waals surface area contributed by atoms with E-state index in [9.17, 15) is 0 Å². The average Bonchev–Trinajstić information content (AvgIpc) is 3.04. The molecule has 1 aliphatic rings. The highest BCUT2D eigenvalue weighted by atomic mass is 16.3. The second-order valence-corrected chi connectivity index (χ2v) is 6.17. The van der Waals surface area contributed by atoms with E-state index in [-0.39, 0.29) is 0 Å². The lowest BCUT2D eigenvalue weighted by Crippen LogP contribution is -2.39. The van der Waals surface area contributed by atoms with E-state index in [0.29, 0.717) is 18.5 Å². The molecule has 5 nitrogen and oxygen atoms in total. The van der Waals surface area contributed by atoms with E-state index >= 15 is 0 Å². The zero-order chi connectivity index (χ0) is 16.2. The van der Waals surface area contributed by atoms with Gasteiger partial charge in [0.15, 0.2) is 5.96 Å².